The Hall–Kier alpha value is -3.48. The summed E-state index contributed by atoms with van der Waals surface area (Å²) >= 11 is 6.15. The topological polar surface area (TPSA) is 66.2 Å². The molecule has 0 aliphatic rings. The number of rotatable bonds is 8. The van der Waals surface area contributed by atoms with E-state index >= 15 is 0 Å². The van der Waals surface area contributed by atoms with E-state index in [4.69, 9.17) is 21.1 Å². The Kier molecular flexibility index (Phi) is 6.94. The van der Waals surface area contributed by atoms with Crippen LogP contribution in [0.5, 0.6) is 6.01 Å². The number of benzene rings is 3. The second-order valence-electron chi connectivity index (χ2n) is 6.93. The molecule has 0 spiro atoms. The summed E-state index contributed by atoms with van der Waals surface area (Å²) < 4.78 is 12.1. The molecule has 1 aromatic heterocycles. The molecule has 32 heavy (non-hydrogen) atoms. The van der Waals surface area contributed by atoms with Gasteiger partial charge in [0.2, 0.25) is 0 Å². The van der Waals surface area contributed by atoms with Crippen molar-refractivity contribution in [1.29, 1.82) is 0 Å². The Morgan fingerprint density at radius 3 is 2.34 bits per heavy atom. The maximum Gasteiger partial charge on any atom is 0.336 e. The van der Waals surface area contributed by atoms with Gasteiger partial charge in [0.25, 0.3) is 5.91 Å². The first-order chi connectivity index (χ1) is 15.7. The summed E-state index contributed by atoms with van der Waals surface area (Å²) in [6, 6.07) is 24.6. The largest absolute Gasteiger partial charge is 0.460 e. The van der Waals surface area contributed by atoms with E-state index in [0.29, 0.717) is 35.2 Å². The zero-order valence-electron chi connectivity index (χ0n) is 17.6. The molecule has 0 unspecified atom stereocenters. The first kappa shape index (κ1) is 21.7. The van der Waals surface area contributed by atoms with Crippen LogP contribution < -0.4 is 4.74 Å². The maximum absolute atomic E-state index is 13.3. The van der Waals surface area contributed by atoms with Gasteiger partial charge in [-0.1, -0.05) is 66.2 Å². The van der Waals surface area contributed by atoms with Crippen LogP contribution in [0.1, 0.15) is 17.3 Å². The lowest BCUT2D eigenvalue weighted by atomic mass is 10.0. The molecule has 0 N–H and O–H groups in total. The van der Waals surface area contributed by atoms with Crippen molar-refractivity contribution < 1.29 is 14.3 Å². The minimum Gasteiger partial charge on any atom is -0.460 e. The van der Waals surface area contributed by atoms with Crippen LogP contribution in [0.3, 0.4) is 0 Å². The lowest BCUT2D eigenvalue weighted by molar-refractivity contribution is 0.0938. The molecule has 1 heterocycles. The summed E-state index contributed by atoms with van der Waals surface area (Å²) in [5, 5.41) is 4.84. The highest BCUT2D eigenvalue weighted by Gasteiger charge is 2.20. The lowest BCUT2D eigenvalue weighted by Gasteiger charge is -2.06. The van der Waals surface area contributed by atoms with Crippen LogP contribution in [-0.2, 0) is 4.74 Å². The van der Waals surface area contributed by atoms with Crippen LogP contribution in [0.15, 0.2) is 78.9 Å². The minimum atomic E-state index is -0.313. The van der Waals surface area contributed by atoms with Crippen molar-refractivity contribution in [3.8, 4) is 28.5 Å². The summed E-state index contributed by atoms with van der Waals surface area (Å²) in [7, 11) is 0. The van der Waals surface area contributed by atoms with Gasteiger partial charge in [-0.3, -0.25) is 4.79 Å². The third kappa shape index (κ3) is 5.04. The zero-order valence-corrected chi connectivity index (χ0v) is 18.3. The molecule has 6 nitrogen and oxygen atoms in total. The number of carbonyl (C=O) groups excluding carboxylic acids is 1. The van der Waals surface area contributed by atoms with Gasteiger partial charge in [-0.05, 0) is 42.3 Å². The molecule has 162 valence electrons. The number of ether oxygens (including phenoxy) is 2. The second-order valence-corrected chi connectivity index (χ2v) is 7.37. The molecule has 7 heteroatoms. The van der Waals surface area contributed by atoms with E-state index in [1.807, 2.05) is 55.5 Å². The van der Waals surface area contributed by atoms with Gasteiger partial charge in [0.05, 0.1) is 6.61 Å². The minimum absolute atomic E-state index is 0.105. The second kappa shape index (κ2) is 10.2. The number of halogens is 1. The van der Waals surface area contributed by atoms with Gasteiger partial charge in [-0.25, -0.2) is 0 Å². The molecule has 4 rings (SSSR count). The fourth-order valence-electron chi connectivity index (χ4n) is 3.20. The zero-order chi connectivity index (χ0) is 22.3. The maximum atomic E-state index is 13.3. The van der Waals surface area contributed by atoms with Crippen LogP contribution in [0.2, 0.25) is 5.02 Å². The number of hydrogen-bond donors (Lipinski definition) is 0. The van der Waals surface area contributed by atoms with Crippen molar-refractivity contribution in [2.45, 2.75) is 6.92 Å². The third-order valence-electron chi connectivity index (χ3n) is 4.76. The Bertz CT molecular complexity index is 1190. The standard InChI is InChI=1S/C25H22ClN3O3/c1-2-31-15-16-32-25-27-23(21-9-6-10-22(26)17-21)29(28-25)24(30)20-13-11-19(12-14-20)18-7-4-3-5-8-18/h3-14,17H,2,15-16H2,1H3. The predicted molar refractivity (Wildman–Crippen MR) is 124 cm³/mol. The van der Waals surface area contributed by atoms with Crippen molar-refractivity contribution in [2.24, 2.45) is 0 Å². The predicted octanol–water partition coefficient (Wildman–Crippen LogP) is 5.37. The molecule has 4 aromatic rings. The molecule has 3 aromatic carbocycles. The highest BCUT2D eigenvalue weighted by atomic mass is 35.5. The smallest absolute Gasteiger partial charge is 0.336 e. The molecule has 0 saturated heterocycles. The summed E-state index contributed by atoms with van der Waals surface area (Å²) in [4.78, 5) is 17.7. The van der Waals surface area contributed by atoms with Crippen molar-refractivity contribution in [3.05, 3.63) is 89.4 Å². The SMILES string of the molecule is CCOCCOc1nc(-c2cccc(Cl)c2)n(C(=O)c2ccc(-c3ccccc3)cc2)n1. The molecule has 0 aliphatic heterocycles. The number of aromatic nitrogens is 3. The van der Waals surface area contributed by atoms with Gasteiger partial charge in [0, 0.05) is 22.8 Å². The van der Waals surface area contributed by atoms with Crippen LogP contribution in [0.25, 0.3) is 22.5 Å². The number of hydrogen-bond acceptors (Lipinski definition) is 5. The highest BCUT2D eigenvalue weighted by molar-refractivity contribution is 6.30. The van der Waals surface area contributed by atoms with E-state index in [1.165, 1.54) is 4.68 Å². The molecule has 0 fully saturated rings. The van der Waals surface area contributed by atoms with Crippen LogP contribution in [0, 0.1) is 0 Å². The van der Waals surface area contributed by atoms with Gasteiger partial charge >= 0.3 is 6.01 Å². The van der Waals surface area contributed by atoms with E-state index in [0.717, 1.165) is 11.1 Å². The molecular weight excluding hydrogens is 426 g/mol. The van der Waals surface area contributed by atoms with Crippen molar-refractivity contribution in [2.75, 3.05) is 19.8 Å². The lowest BCUT2D eigenvalue weighted by Crippen LogP contribution is -2.15. The van der Waals surface area contributed by atoms with E-state index in [2.05, 4.69) is 10.1 Å². The number of carbonyl (C=O) groups is 1. The van der Waals surface area contributed by atoms with Gasteiger partial charge < -0.3 is 9.47 Å². The Labute approximate surface area is 191 Å². The van der Waals surface area contributed by atoms with Crippen LogP contribution in [-0.4, -0.2) is 40.5 Å². The quantitative estimate of drug-likeness (QED) is 0.340. The Morgan fingerprint density at radius 2 is 1.62 bits per heavy atom. The van der Waals surface area contributed by atoms with Gasteiger partial charge in [0.1, 0.15) is 6.61 Å². The Balaban J connectivity index is 1.64. The van der Waals surface area contributed by atoms with E-state index < -0.39 is 0 Å². The molecule has 0 radical (unpaired) electrons. The van der Waals surface area contributed by atoms with E-state index in [1.54, 1.807) is 30.3 Å². The summed E-state index contributed by atoms with van der Waals surface area (Å²) in [6.45, 7) is 3.20. The fourth-order valence-corrected chi connectivity index (χ4v) is 3.40. The Morgan fingerprint density at radius 1 is 0.906 bits per heavy atom. The molecule has 0 atom stereocenters. The third-order valence-corrected chi connectivity index (χ3v) is 5.00. The summed E-state index contributed by atoms with van der Waals surface area (Å²) in [5.41, 5.74) is 3.25. The van der Waals surface area contributed by atoms with E-state index in [9.17, 15) is 4.79 Å². The average molecular weight is 448 g/mol. The van der Waals surface area contributed by atoms with Crippen LogP contribution in [0.4, 0.5) is 0 Å². The molecule has 0 saturated carbocycles. The van der Waals surface area contributed by atoms with E-state index in [-0.39, 0.29) is 18.5 Å². The van der Waals surface area contributed by atoms with Crippen molar-refractivity contribution in [1.82, 2.24) is 14.8 Å². The average Bonchev–Trinajstić information content (AvgIpc) is 3.26. The van der Waals surface area contributed by atoms with Gasteiger partial charge in [0.15, 0.2) is 5.82 Å². The highest BCUT2D eigenvalue weighted by Crippen LogP contribution is 2.25. The monoisotopic (exact) mass is 447 g/mol. The summed E-state index contributed by atoms with van der Waals surface area (Å²) in [5.74, 6) is 0.0443. The fraction of sp³-hybridized carbons (Fsp3) is 0.160. The summed E-state index contributed by atoms with van der Waals surface area (Å²) in [6.07, 6.45) is 0. The van der Waals surface area contributed by atoms with Crippen molar-refractivity contribution in [3.63, 3.8) is 0 Å². The van der Waals surface area contributed by atoms with Gasteiger partial charge in [-0.15, -0.1) is 5.10 Å². The number of nitrogens with zero attached hydrogens (tertiary/aromatic N) is 3. The van der Waals surface area contributed by atoms with Crippen LogP contribution >= 0.6 is 11.6 Å². The normalized spacial score (nSPS) is 10.8. The van der Waals surface area contributed by atoms with Crippen molar-refractivity contribution >= 4 is 17.5 Å². The molecular formula is C25H22ClN3O3. The van der Waals surface area contributed by atoms with Gasteiger partial charge in [-0.2, -0.15) is 9.67 Å². The first-order valence-corrected chi connectivity index (χ1v) is 10.7. The molecule has 0 amide bonds. The molecule has 0 aliphatic carbocycles. The molecule has 0 bridgehead atoms. The first-order valence-electron chi connectivity index (χ1n) is 10.3.